The highest BCUT2D eigenvalue weighted by Gasteiger charge is 2.33. The molecule has 1 atom stereocenters. The first-order valence-electron chi connectivity index (χ1n) is 10.9. The second-order valence-corrected chi connectivity index (χ2v) is 8.98. The number of carbonyl (C=O) groups is 2. The largest absolute Gasteiger partial charge is 0.353 e. The average Bonchev–Trinajstić information content (AvgIpc) is 2.77. The second-order valence-electron chi connectivity index (χ2n) is 8.60. The van der Waals surface area contributed by atoms with E-state index in [9.17, 15) is 9.59 Å². The Bertz CT molecular complexity index is 952. The Balaban J connectivity index is 1.36. The van der Waals surface area contributed by atoms with Gasteiger partial charge in [0.2, 0.25) is 5.91 Å². The molecule has 2 fully saturated rings. The van der Waals surface area contributed by atoms with Crippen molar-refractivity contribution >= 4 is 29.2 Å². The molecule has 0 saturated carbocycles. The maximum atomic E-state index is 13.2. The molecule has 2 aromatic rings. The molecule has 0 bridgehead atoms. The first-order chi connectivity index (χ1) is 14.9. The van der Waals surface area contributed by atoms with Crippen LogP contribution in [0.5, 0.6) is 0 Å². The lowest BCUT2D eigenvalue weighted by Gasteiger charge is -2.39. The monoisotopic (exact) mass is 440 g/mol. The van der Waals surface area contributed by atoms with E-state index in [1.165, 1.54) is 0 Å². The molecule has 2 aliphatic rings. The van der Waals surface area contributed by atoms with Gasteiger partial charge in [0.15, 0.2) is 0 Å². The summed E-state index contributed by atoms with van der Waals surface area (Å²) in [4.78, 5) is 36.6. The fourth-order valence-electron chi connectivity index (χ4n) is 4.63. The van der Waals surface area contributed by atoms with Gasteiger partial charge in [-0.3, -0.25) is 9.59 Å². The van der Waals surface area contributed by atoms with Gasteiger partial charge in [-0.25, -0.2) is 4.98 Å². The van der Waals surface area contributed by atoms with Gasteiger partial charge in [0.05, 0.1) is 5.92 Å². The number of anilines is 1. The molecule has 7 heteroatoms. The molecule has 1 aromatic heterocycles. The fourth-order valence-corrected chi connectivity index (χ4v) is 4.79. The van der Waals surface area contributed by atoms with Crippen molar-refractivity contribution in [2.45, 2.75) is 26.7 Å². The number of halogens is 1. The van der Waals surface area contributed by atoms with E-state index in [1.54, 1.807) is 6.07 Å². The van der Waals surface area contributed by atoms with Gasteiger partial charge >= 0.3 is 0 Å². The first kappa shape index (κ1) is 21.6. The number of pyridine rings is 1. The Hall–Kier alpha value is -2.60. The summed E-state index contributed by atoms with van der Waals surface area (Å²) in [5, 5.41) is 0.478. The van der Waals surface area contributed by atoms with Crippen LogP contribution in [0.4, 0.5) is 5.82 Å². The van der Waals surface area contributed by atoms with Crippen molar-refractivity contribution in [3.8, 4) is 0 Å². The van der Waals surface area contributed by atoms with Crippen LogP contribution in [0.15, 0.2) is 36.4 Å². The first-order valence-corrected chi connectivity index (χ1v) is 11.3. The number of aromatic nitrogens is 1. The van der Waals surface area contributed by atoms with Gasteiger partial charge < -0.3 is 14.7 Å². The maximum Gasteiger partial charge on any atom is 0.253 e. The zero-order chi connectivity index (χ0) is 22.0. The van der Waals surface area contributed by atoms with Crippen molar-refractivity contribution in [1.82, 2.24) is 14.8 Å². The molecule has 1 aromatic carbocycles. The molecule has 1 unspecified atom stereocenters. The van der Waals surface area contributed by atoms with Crippen molar-refractivity contribution in [2.75, 3.05) is 44.2 Å². The van der Waals surface area contributed by atoms with Crippen LogP contribution in [0.2, 0.25) is 5.15 Å². The van der Waals surface area contributed by atoms with Crippen LogP contribution in [0.1, 0.15) is 34.3 Å². The Morgan fingerprint density at radius 2 is 1.68 bits per heavy atom. The highest BCUT2D eigenvalue weighted by Crippen LogP contribution is 2.23. The van der Waals surface area contributed by atoms with Crippen molar-refractivity contribution in [3.05, 3.63) is 58.2 Å². The van der Waals surface area contributed by atoms with Crippen LogP contribution in [0.25, 0.3) is 0 Å². The van der Waals surface area contributed by atoms with Crippen LogP contribution >= 0.6 is 11.6 Å². The minimum atomic E-state index is -0.126. The molecule has 3 heterocycles. The molecule has 2 aliphatic heterocycles. The number of hydrogen-bond acceptors (Lipinski definition) is 4. The van der Waals surface area contributed by atoms with E-state index in [4.69, 9.17) is 11.6 Å². The van der Waals surface area contributed by atoms with Gasteiger partial charge in [-0.15, -0.1) is 0 Å². The molecule has 0 aliphatic carbocycles. The maximum absolute atomic E-state index is 13.2. The van der Waals surface area contributed by atoms with Crippen LogP contribution in [-0.2, 0) is 4.79 Å². The molecule has 0 N–H and O–H groups in total. The third kappa shape index (κ3) is 5.01. The lowest BCUT2D eigenvalue weighted by molar-refractivity contribution is -0.137. The number of amides is 2. The number of likely N-dealkylation sites (tertiary alicyclic amines) is 1. The molecular weight excluding hydrogens is 412 g/mol. The summed E-state index contributed by atoms with van der Waals surface area (Å²) in [5.41, 5.74) is 2.88. The van der Waals surface area contributed by atoms with E-state index < -0.39 is 0 Å². The number of rotatable bonds is 3. The van der Waals surface area contributed by atoms with Crippen LogP contribution in [0.3, 0.4) is 0 Å². The zero-order valence-corrected chi connectivity index (χ0v) is 18.9. The summed E-state index contributed by atoms with van der Waals surface area (Å²) in [6, 6.07) is 11.5. The lowest BCUT2D eigenvalue weighted by Crippen LogP contribution is -2.53. The second kappa shape index (κ2) is 9.27. The molecule has 0 radical (unpaired) electrons. The summed E-state index contributed by atoms with van der Waals surface area (Å²) >= 11 is 6.01. The highest BCUT2D eigenvalue weighted by atomic mass is 35.5. The number of piperidine rings is 1. The van der Waals surface area contributed by atoms with E-state index in [1.807, 2.05) is 47.9 Å². The predicted octanol–water partition coefficient (Wildman–Crippen LogP) is 3.55. The summed E-state index contributed by atoms with van der Waals surface area (Å²) in [5.74, 6) is 0.916. The third-order valence-corrected chi connectivity index (χ3v) is 6.35. The lowest BCUT2D eigenvalue weighted by atomic mass is 9.95. The van der Waals surface area contributed by atoms with Gasteiger partial charge in [0.1, 0.15) is 11.0 Å². The fraction of sp³-hybridized carbons (Fsp3) is 0.458. The molecule has 0 spiro atoms. The van der Waals surface area contributed by atoms with Gasteiger partial charge in [-0.05, 0) is 51.0 Å². The smallest absolute Gasteiger partial charge is 0.253 e. The molecule has 6 nitrogen and oxygen atoms in total. The van der Waals surface area contributed by atoms with Gasteiger partial charge in [-0.2, -0.15) is 0 Å². The zero-order valence-electron chi connectivity index (χ0n) is 18.2. The van der Waals surface area contributed by atoms with E-state index in [0.29, 0.717) is 36.9 Å². The predicted molar refractivity (Wildman–Crippen MR) is 123 cm³/mol. The Labute approximate surface area is 188 Å². The summed E-state index contributed by atoms with van der Waals surface area (Å²) in [6.45, 7) is 8.01. The van der Waals surface area contributed by atoms with Crippen molar-refractivity contribution in [1.29, 1.82) is 0 Å². The average molecular weight is 441 g/mol. The summed E-state index contributed by atoms with van der Waals surface area (Å²) in [7, 11) is 0. The van der Waals surface area contributed by atoms with E-state index in [-0.39, 0.29) is 17.7 Å². The number of benzene rings is 1. The minimum absolute atomic E-state index is 0.0288. The summed E-state index contributed by atoms with van der Waals surface area (Å²) < 4.78 is 0. The van der Waals surface area contributed by atoms with E-state index in [0.717, 1.165) is 42.9 Å². The molecular formula is C24H29ClN4O2. The van der Waals surface area contributed by atoms with Crippen molar-refractivity contribution in [3.63, 3.8) is 0 Å². The van der Waals surface area contributed by atoms with Crippen LogP contribution in [-0.4, -0.2) is 65.9 Å². The Morgan fingerprint density at radius 3 is 2.35 bits per heavy atom. The molecule has 164 valence electrons. The van der Waals surface area contributed by atoms with E-state index >= 15 is 0 Å². The van der Waals surface area contributed by atoms with Crippen molar-refractivity contribution in [2.24, 2.45) is 5.92 Å². The highest BCUT2D eigenvalue weighted by molar-refractivity contribution is 6.29. The number of aryl methyl sites for hydroxylation is 2. The van der Waals surface area contributed by atoms with Crippen LogP contribution in [0, 0.1) is 19.8 Å². The normalized spacial score (nSPS) is 19.5. The van der Waals surface area contributed by atoms with Gasteiger partial charge in [0.25, 0.3) is 5.91 Å². The molecule has 2 saturated heterocycles. The topological polar surface area (TPSA) is 56.8 Å². The van der Waals surface area contributed by atoms with Gasteiger partial charge in [0, 0.05) is 44.8 Å². The number of carbonyl (C=O) groups excluding carboxylic acids is 2. The molecule has 2 amide bonds. The van der Waals surface area contributed by atoms with Crippen LogP contribution < -0.4 is 4.90 Å². The molecule has 31 heavy (non-hydrogen) atoms. The Kier molecular flexibility index (Phi) is 6.46. The standard InChI is InChI=1S/C24H29ClN4O2/c1-17-13-18(2)15-20(14-17)24(31)29-8-4-5-19(16-29)23(30)28-11-9-27(10-12-28)22-7-3-6-21(25)26-22/h3,6-7,13-15,19H,4-5,8-12,16H2,1-2H3. The Morgan fingerprint density at radius 1 is 0.968 bits per heavy atom. The molecule has 4 rings (SSSR count). The number of hydrogen-bond donors (Lipinski definition) is 0. The van der Waals surface area contributed by atoms with Crippen molar-refractivity contribution < 1.29 is 9.59 Å². The quantitative estimate of drug-likeness (QED) is 0.685. The SMILES string of the molecule is Cc1cc(C)cc(C(=O)N2CCCC(C(=O)N3CCN(c4cccc(Cl)n4)CC3)C2)c1. The van der Waals surface area contributed by atoms with E-state index in [2.05, 4.69) is 16.0 Å². The summed E-state index contributed by atoms with van der Waals surface area (Å²) in [6.07, 6.45) is 1.70. The minimum Gasteiger partial charge on any atom is -0.353 e. The number of piperazine rings is 1. The third-order valence-electron chi connectivity index (χ3n) is 6.14. The number of nitrogens with zero attached hydrogens (tertiary/aromatic N) is 4. The van der Waals surface area contributed by atoms with Gasteiger partial charge in [-0.1, -0.05) is 34.9 Å².